The molecule has 8 heteroatoms. The third-order valence-corrected chi connectivity index (χ3v) is 7.55. The monoisotopic (exact) mass is 563 g/mol. The number of aromatic nitrogens is 3. The van der Waals surface area contributed by atoms with Gasteiger partial charge in [0.2, 0.25) is 0 Å². The first-order valence-electron chi connectivity index (χ1n) is 13.6. The largest absolute Gasteiger partial charge is 0.496 e. The molecule has 0 radical (unpaired) electrons. The summed E-state index contributed by atoms with van der Waals surface area (Å²) in [7, 11) is 1.64. The van der Waals surface area contributed by atoms with Crippen LogP contribution in [0.1, 0.15) is 16.1 Å². The van der Waals surface area contributed by atoms with Crippen LogP contribution in [0.2, 0.25) is 5.02 Å². The van der Waals surface area contributed by atoms with E-state index in [1.165, 1.54) is 5.56 Å². The Hall–Kier alpha value is -4.46. The molecule has 0 spiro atoms. The maximum atomic E-state index is 13.8. The van der Waals surface area contributed by atoms with Crippen LogP contribution in [0.3, 0.4) is 0 Å². The number of piperazine rings is 1. The number of hydrogen-bond donors (Lipinski definition) is 0. The molecule has 206 valence electrons. The molecular weight excluding hydrogens is 534 g/mol. The summed E-state index contributed by atoms with van der Waals surface area (Å²) in [6.45, 7) is 3.75. The Morgan fingerprint density at radius 3 is 2.41 bits per heavy atom. The summed E-state index contributed by atoms with van der Waals surface area (Å²) in [6.07, 6.45) is 4.32. The van der Waals surface area contributed by atoms with Crippen molar-refractivity contribution in [2.24, 2.45) is 0 Å². The van der Waals surface area contributed by atoms with Gasteiger partial charge in [-0.25, -0.2) is 9.50 Å². The average Bonchev–Trinajstić information content (AvgIpc) is 3.46. The second-order valence-electron chi connectivity index (χ2n) is 9.94. The molecule has 0 N–H and O–H groups in total. The van der Waals surface area contributed by atoms with E-state index in [1.807, 2.05) is 83.8 Å². The van der Waals surface area contributed by atoms with Crippen molar-refractivity contribution in [1.82, 2.24) is 24.4 Å². The summed E-state index contributed by atoms with van der Waals surface area (Å²) in [6, 6.07) is 29.3. The Bertz CT molecular complexity index is 1690. The second kappa shape index (κ2) is 12.0. The standard InChI is InChI=1S/C33H30ClN5O2/c1-41-31-12-6-5-11-27(31)30-22-29(35-32-23-28(36-39(30)32)25-13-15-26(34)16-14-25)33(40)38-20-18-37(19-21-38)17-7-10-24-8-3-2-4-9-24/h2-16,22-23H,17-21H2,1H3/b10-7+. The molecule has 6 rings (SSSR count). The zero-order valence-electron chi connectivity index (χ0n) is 22.8. The van der Waals surface area contributed by atoms with Crippen LogP contribution in [0.25, 0.3) is 34.2 Å². The van der Waals surface area contributed by atoms with Crippen LogP contribution in [0.4, 0.5) is 0 Å². The molecule has 0 bridgehead atoms. The predicted molar refractivity (Wildman–Crippen MR) is 163 cm³/mol. The van der Waals surface area contributed by atoms with Crippen LogP contribution in [0.5, 0.6) is 5.75 Å². The Kier molecular flexibility index (Phi) is 7.80. The van der Waals surface area contributed by atoms with Crippen molar-refractivity contribution in [1.29, 1.82) is 0 Å². The maximum Gasteiger partial charge on any atom is 0.272 e. The number of rotatable bonds is 7. The van der Waals surface area contributed by atoms with E-state index in [1.54, 1.807) is 11.6 Å². The van der Waals surface area contributed by atoms with Crippen molar-refractivity contribution in [3.63, 3.8) is 0 Å². The Labute approximate surface area is 244 Å². The van der Waals surface area contributed by atoms with Gasteiger partial charge in [0.05, 0.1) is 18.5 Å². The van der Waals surface area contributed by atoms with Gasteiger partial charge in [-0.2, -0.15) is 5.10 Å². The van der Waals surface area contributed by atoms with Gasteiger partial charge in [0.15, 0.2) is 5.65 Å². The second-order valence-corrected chi connectivity index (χ2v) is 10.4. The Balaban J connectivity index is 1.27. The number of carbonyl (C=O) groups excluding carboxylic acids is 1. The zero-order valence-corrected chi connectivity index (χ0v) is 23.5. The number of halogens is 1. The van der Waals surface area contributed by atoms with Crippen molar-refractivity contribution in [3.05, 3.63) is 113 Å². The highest BCUT2D eigenvalue weighted by atomic mass is 35.5. The third-order valence-electron chi connectivity index (χ3n) is 7.30. The van der Waals surface area contributed by atoms with Gasteiger partial charge in [-0.1, -0.05) is 78.4 Å². The SMILES string of the molecule is COc1ccccc1-c1cc(C(=O)N2CCN(C/C=C/c3ccccc3)CC2)nc2cc(-c3ccc(Cl)cc3)nn12. The molecule has 5 aromatic rings. The lowest BCUT2D eigenvalue weighted by Gasteiger charge is -2.34. The van der Waals surface area contributed by atoms with Crippen molar-refractivity contribution in [3.8, 4) is 28.3 Å². The highest BCUT2D eigenvalue weighted by Crippen LogP contribution is 2.32. The molecule has 0 atom stereocenters. The highest BCUT2D eigenvalue weighted by Gasteiger charge is 2.25. The van der Waals surface area contributed by atoms with Crippen molar-refractivity contribution >= 4 is 29.2 Å². The number of nitrogens with zero attached hydrogens (tertiary/aromatic N) is 5. The number of methoxy groups -OCH3 is 1. The molecule has 1 amide bonds. The molecule has 1 fully saturated rings. The zero-order chi connectivity index (χ0) is 28.2. The van der Waals surface area contributed by atoms with Gasteiger partial charge in [-0.05, 0) is 35.9 Å². The normalized spacial score (nSPS) is 14.1. The number of hydrogen-bond acceptors (Lipinski definition) is 5. The van der Waals surface area contributed by atoms with Gasteiger partial charge >= 0.3 is 0 Å². The minimum absolute atomic E-state index is 0.0858. The number of benzene rings is 3. The maximum absolute atomic E-state index is 13.8. The molecule has 7 nitrogen and oxygen atoms in total. The van der Waals surface area contributed by atoms with E-state index < -0.39 is 0 Å². The van der Waals surface area contributed by atoms with Crippen molar-refractivity contribution in [2.75, 3.05) is 39.8 Å². The van der Waals surface area contributed by atoms with Gasteiger partial charge in [-0.3, -0.25) is 9.69 Å². The van der Waals surface area contributed by atoms with Crippen LogP contribution in [0, 0.1) is 0 Å². The average molecular weight is 564 g/mol. The lowest BCUT2D eigenvalue weighted by molar-refractivity contribution is 0.0644. The first-order valence-corrected chi connectivity index (χ1v) is 14.0. The fraction of sp³-hybridized carbons (Fsp3) is 0.182. The quantitative estimate of drug-likeness (QED) is 0.236. The molecule has 1 saturated heterocycles. The minimum atomic E-state index is -0.0858. The number of para-hydroxylation sites is 1. The number of ether oxygens (including phenoxy) is 1. The van der Waals surface area contributed by atoms with E-state index in [0.717, 1.165) is 42.1 Å². The Morgan fingerprint density at radius 1 is 0.927 bits per heavy atom. The minimum Gasteiger partial charge on any atom is -0.496 e. The number of amides is 1. The van der Waals surface area contributed by atoms with Crippen LogP contribution in [-0.2, 0) is 0 Å². The van der Waals surface area contributed by atoms with E-state index >= 15 is 0 Å². The molecule has 3 aromatic carbocycles. The smallest absolute Gasteiger partial charge is 0.272 e. The third kappa shape index (κ3) is 5.87. The first kappa shape index (κ1) is 26.7. The molecule has 2 aromatic heterocycles. The van der Waals surface area contributed by atoms with Crippen LogP contribution in [-0.4, -0.2) is 70.1 Å². The summed E-state index contributed by atoms with van der Waals surface area (Å²) < 4.78 is 7.43. The molecule has 0 saturated carbocycles. The summed E-state index contributed by atoms with van der Waals surface area (Å²) in [5.41, 5.74) is 5.39. The molecule has 0 unspecified atom stereocenters. The van der Waals surface area contributed by atoms with Gasteiger partial charge in [0.25, 0.3) is 5.91 Å². The molecule has 41 heavy (non-hydrogen) atoms. The van der Waals surface area contributed by atoms with E-state index in [0.29, 0.717) is 35.2 Å². The predicted octanol–water partition coefficient (Wildman–Crippen LogP) is 6.20. The molecule has 1 aliphatic heterocycles. The fourth-order valence-electron chi connectivity index (χ4n) is 5.09. The molecular formula is C33H30ClN5O2. The number of carbonyl (C=O) groups is 1. The lowest BCUT2D eigenvalue weighted by atomic mass is 10.1. The van der Waals surface area contributed by atoms with E-state index in [4.69, 9.17) is 26.4 Å². The van der Waals surface area contributed by atoms with Crippen LogP contribution >= 0.6 is 11.6 Å². The van der Waals surface area contributed by atoms with Gasteiger partial charge in [0.1, 0.15) is 11.4 Å². The van der Waals surface area contributed by atoms with Gasteiger partial charge < -0.3 is 9.64 Å². The lowest BCUT2D eigenvalue weighted by Crippen LogP contribution is -2.48. The van der Waals surface area contributed by atoms with Gasteiger partial charge in [-0.15, -0.1) is 0 Å². The first-order chi connectivity index (χ1) is 20.1. The molecule has 1 aliphatic rings. The van der Waals surface area contributed by atoms with Gasteiger partial charge in [0, 0.05) is 54.9 Å². The van der Waals surface area contributed by atoms with Crippen molar-refractivity contribution < 1.29 is 9.53 Å². The number of fused-ring (bicyclic) bond motifs is 1. The molecule has 0 aliphatic carbocycles. The van der Waals surface area contributed by atoms with Crippen LogP contribution < -0.4 is 4.74 Å². The summed E-state index contributed by atoms with van der Waals surface area (Å²) in [5.74, 6) is 0.608. The fourth-order valence-corrected chi connectivity index (χ4v) is 5.22. The topological polar surface area (TPSA) is 63.0 Å². The molecule has 3 heterocycles. The van der Waals surface area contributed by atoms with Crippen LogP contribution in [0.15, 0.2) is 97.1 Å². The summed E-state index contributed by atoms with van der Waals surface area (Å²) in [4.78, 5) is 22.8. The highest BCUT2D eigenvalue weighted by molar-refractivity contribution is 6.30. The summed E-state index contributed by atoms with van der Waals surface area (Å²) in [5, 5.41) is 5.51. The summed E-state index contributed by atoms with van der Waals surface area (Å²) >= 11 is 6.10. The van der Waals surface area contributed by atoms with E-state index in [-0.39, 0.29) is 5.91 Å². The Morgan fingerprint density at radius 2 is 1.66 bits per heavy atom. The van der Waals surface area contributed by atoms with E-state index in [2.05, 4.69) is 29.2 Å². The van der Waals surface area contributed by atoms with E-state index in [9.17, 15) is 4.79 Å². The van der Waals surface area contributed by atoms with Crippen molar-refractivity contribution in [2.45, 2.75) is 0 Å².